The zero-order valence-electron chi connectivity index (χ0n) is 13.3. The van der Waals surface area contributed by atoms with Gasteiger partial charge in [-0.25, -0.2) is 4.98 Å². The molecule has 2 nitrogen and oxygen atoms in total. The summed E-state index contributed by atoms with van der Waals surface area (Å²) in [5.74, 6) is 1.12. The summed E-state index contributed by atoms with van der Waals surface area (Å²) >= 11 is 0. The number of aromatic nitrogens is 2. The molecule has 2 heteroatoms. The van der Waals surface area contributed by atoms with Gasteiger partial charge in [0.25, 0.3) is 0 Å². The van der Waals surface area contributed by atoms with Gasteiger partial charge in [0.2, 0.25) is 0 Å². The van der Waals surface area contributed by atoms with E-state index in [1.54, 1.807) is 0 Å². The lowest BCUT2D eigenvalue weighted by molar-refractivity contribution is 0.572. The van der Waals surface area contributed by atoms with Crippen molar-refractivity contribution in [2.24, 2.45) is 0 Å². The first-order valence-corrected chi connectivity index (χ1v) is 8.49. The number of hydrogen-bond acceptors (Lipinski definition) is 1. The molecule has 114 valence electrons. The van der Waals surface area contributed by atoms with E-state index in [9.17, 15) is 0 Å². The van der Waals surface area contributed by atoms with Gasteiger partial charge in [0.15, 0.2) is 0 Å². The third-order valence-electron chi connectivity index (χ3n) is 3.98. The highest BCUT2D eigenvalue weighted by atomic mass is 14.9. The van der Waals surface area contributed by atoms with Crippen LogP contribution in [0.2, 0.25) is 0 Å². The van der Waals surface area contributed by atoms with Gasteiger partial charge in [-0.05, 0) is 12.0 Å². The monoisotopic (exact) mass is 284 g/mol. The highest BCUT2D eigenvalue weighted by Crippen LogP contribution is 2.17. The van der Waals surface area contributed by atoms with Crippen molar-refractivity contribution in [2.45, 2.75) is 64.7 Å². The summed E-state index contributed by atoms with van der Waals surface area (Å²) in [6.07, 6.45) is 13.9. The summed E-state index contributed by atoms with van der Waals surface area (Å²) in [6, 6.07) is 10.4. The average Bonchev–Trinajstić information content (AvgIpc) is 3.00. The summed E-state index contributed by atoms with van der Waals surface area (Å²) in [5, 5.41) is 0. The third-order valence-corrected chi connectivity index (χ3v) is 3.98. The molecule has 0 spiro atoms. The largest absolute Gasteiger partial charge is 0.342 e. The molecule has 21 heavy (non-hydrogen) atoms. The molecule has 1 aromatic heterocycles. The summed E-state index contributed by atoms with van der Waals surface area (Å²) < 4.78 is 0. The number of nitrogens with one attached hydrogen (secondary N) is 1. The average molecular weight is 284 g/mol. The molecule has 0 bridgehead atoms. The Kier molecular flexibility index (Phi) is 7.06. The standard InChI is InChI=1S/C19H28N2/c1-2-3-4-5-6-7-8-12-15-19-20-16-18(21-19)17-13-10-9-11-14-17/h9-11,13-14,16H,2-8,12,15H2,1H3,(H,20,21). The van der Waals surface area contributed by atoms with Crippen LogP contribution in [0.25, 0.3) is 11.3 Å². The lowest BCUT2D eigenvalue weighted by atomic mass is 10.1. The van der Waals surface area contributed by atoms with Crippen molar-refractivity contribution in [3.63, 3.8) is 0 Å². The number of unbranched alkanes of at least 4 members (excludes halogenated alkanes) is 7. The van der Waals surface area contributed by atoms with Crippen LogP contribution in [0.1, 0.15) is 64.1 Å². The molecule has 1 aromatic carbocycles. The fourth-order valence-electron chi connectivity index (χ4n) is 2.68. The SMILES string of the molecule is CCCCCCCCCCc1ncc(-c2ccccc2)[nH]1. The molecule has 0 fully saturated rings. The number of nitrogens with zero attached hydrogens (tertiary/aromatic N) is 1. The van der Waals surface area contributed by atoms with Gasteiger partial charge >= 0.3 is 0 Å². The molecule has 0 aliphatic carbocycles. The minimum absolute atomic E-state index is 1.07. The molecule has 0 amide bonds. The zero-order chi connectivity index (χ0) is 14.8. The Morgan fingerprint density at radius 1 is 0.857 bits per heavy atom. The smallest absolute Gasteiger partial charge is 0.106 e. The van der Waals surface area contributed by atoms with Crippen molar-refractivity contribution in [1.82, 2.24) is 9.97 Å². The van der Waals surface area contributed by atoms with Crippen molar-refractivity contribution >= 4 is 0 Å². The van der Waals surface area contributed by atoms with Crippen LogP contribution in [0.5, 0.6) is 0 Å². The fourth-order valence-corrected chi connectivity index (χ4v) is 2.68. The molecule has 2 aromatic rings. The fraction of sp³-hybridized carbons (Fsp3) is 0.526. The minimum Gasteiger partial charge on any atom is -0.342 e. The van der Waals surface area contributed by atoms with Gasteiger partial charge < -0.3 is 4.98 Å². The lowest BCUT2D eigenvalue weighted by Gasteiger charge is -2.01. The number of imidazole rings is 1. The van der Waals surface area contributed by atoms with Crippen molar-refractivity contribution in [2.75, 3.05) is 0 Å². The molecule has 0 radical (unpaired) electrons. The molecule has 1 N–H and O–H groups in total. The van der Waals surface area contributed by atoms with Gasteiger partial charge in [-0.2, -0.15) is 0 Å². The van der Waals surface area contributed by atoms with E-state index in [0.717, 1.165) is 17.9 Å². The number of aromatic amines is 1. The Hall–Kier alpha value is -1.57. The third kappa shape index (κ3) is 5.74. The maximum Gasteiger partial charge on any atom is 0.106 e. The Morgan fingerprint density at radius 2 is 1.52 bits per heavy atom. The molecular weight excluding hydrogens is 256 g/mol. The summed E-state index contributed by atoms with van der Waals surface area (Å²) in [6.45, 7) is 2.27. The normalized spacial score (nSPS) is 10.9. The predicted molar refractivity (Wildman–Crippen MR) is 90.3 cm³/mol. The number of rotatable bonds is 10. The van der Waals surface area contributed by atoms with Crippen LogP contribution < -0.4 is 0 Å². The van der Waals surface area contributed by atoms with Crippen LogP contribution in [0.4, 0.5) is 0 Å². The van der Waals surface area contributed by atoms with Crippen LogP contribution in [0.15, 0.2) is 36.5 Å². The predicted octanol–water partition coefficient (Wildman–Crippen LogP) is 5.76. The maximum atomic E-state index is 4.50. The van der Waals surface area contributed by atoms with Gasteiger partial charge in [-0.3, -0.25) is 0 Å². The van der Waals surface area contributed by atoms with E-state index in [1.165, 1.54) is 56.9 Å². The molecule has 0 atom stereocenters. The molecule has 2 rings (SSSR count). The van der Waals surface area contributed by atoms with E-state index < -0.39 is 0 Å². The van der Waals surface area contributed by atoms with Gasteiger partial charge in [-0.1, -0.05) is 82.2 Å². The molecule has 0 saturated carbocycles. The van der Waals surface area contributed by atoms with Crippen molar-refractivity contribution in [1.29, 1.82) is 0 Å². The Balaban J connectivity index is 1.63. The number of H-pyrrole nitrogens is 1. The highest BCUT2D eigenvalue weighted by Gasteiger charge is 2.02. The second-order valence-corrected chi connectivity index (χ2v) is 5.83. The van der Waals surface area contributed by atoms with E-state index in [-0.39, 0.29) is 0 Å². The zero-order valence-corrected chi connectivity index (χ0v) is 13.3. The minimum atomic E-state index is 1.07. The lowest BCUT2D eigenvalue weighted by Crippen LogP contribution is -1.89. The molecule has 0 aliphatic heterocycles. The molecule has 0 unspecified atom stereocenters. The highest BCUT2D eigenvalue weighted by molar-refractivity contribution is 5.57. The second kappa shape index (κ2) is 9.38. The number of aryl methyl sites for hydroxylation is 1. The number of hydrogen-bond donors (Lipinski definition) is 1. The van der Waals surface area contributed by atoms with Crippen LogP contribution in [-0.2, 0) is 6.42 Å². The van der Waals surface area contributed by atoms with Gasteiger partial charge in [0.05, 0.1) is 11.9 Å². The van der Waals surface area contributed by atoms with Crippen LogP contribution >= 0.6 is 0 Å². The molecule has 0 aliphatic rings. The summed E-state index contributed by atoms with van der Waals surface area (Å²) in [5.41, 5.74) is 2.34. The topological polar surface area (TPSA) is 28.7 Å². The Morgan fingerprint density at radius 3 is 2.24 bits per heavy atom. The molecule has 1 heterocycles. The summed E-state index contributed by atoms with van der Waals surface area (Å²) in [4.78, 5) is 7.93. The van der Waals surface area contributed by atoms with E-state index in [1.807, 2.05) is 12.3 Å². The van der Waals surface area contributed by atoms with Crippen molar-refractivity contribution < 1.29 is 0 Å². The van der Waals surface area contributed by atoms with Crippen LogP contribution in [0, 0.1) is 0 Å². The maximum absolute atomic E-state index is 4.50. The first kappa shape index (κ1) is 15.8. The van der Waals surface area contributed by atoms with Gasteiger partial charge in [-0.15, -0.1) is 0 Å². The van der Waals surface area contributed by atoms with Crippen molar-refractivity contribution in [3.8, 4) is 11.3 Å². The van der Waals surface area contributed by atoms with Gasteiger partial charge in [0, 0.05) is 6.42 Å². The van der Waals surface area contributed by atoms with E-state index in [0.29, 0.717) is 0 Å². The summed E-state index contributed by atoms with van der Waals surface area (Å²) in [7, 11) is 0. The van der Waals surface area contributed by atoms with E-state index in [2.05, 4.69) is 41.2 Å². The quantitative estimate of drug-likeness (QED) is 0.552. The Labute approximate surface area is 129 Å². The Bertz CT molecular complexity index is 487. The van der Waals surface area contributed by atoms with E-state index >= 15 is 0 Å². The molecular formula is C19H28N2. The number of benzene rings is 1. The van der Waals surface area contributed by atoms with Crippen LogP contribution in [0.3, 0.4) is 0 Å². The second-order valence-electron chi connectivity index (χ2n) is 5.83. The van der Waals surface area contributed by atoms with Crippen LogP contribution in [-0.4, -0.2) is 9.97 Å². The first-order chi connectivity index (χ1) is 10.4. The van der Waals surface area contributed by atoms with E-state index in [4.69, 9.17) is 0 Å². The molecule has 0 saturated heterocycles. The first-order valence-electron chi connectivity index (χ1n) is 8.49. The van der Waals surface area contributed by atoms with Gasteiger partial charge in [0.1, 0.15) is 5.82 Å². The van der Waals surface area contributed by atoms with Crippen molar-refractivity contribution in [3.05, 3.63) is 42.4 Å².